The molecule has 60 valence electrons. The quantitative estimate of drug-likeness (QED) is 0.428. The van der Waals surface area contributed by atoms with E-state index in [9.17, 15) is 0 Å². The van der Waals surface area contributed by atoms with E-state index in [4.69, 9.17) is 4.84 Å². The summed E-state index contributed by atoms with van der Waals surface area (Å²) < 4.78 is 0. The van der Waals surface area contributed by atoms with Gasteiger partial charge in [-0.1, -0.05) is 19.0 Å². The summed E-state index contributed by atoms with van der Waals surface area (Å²) in [6.45, 7) is 6.96. The zero-order valence-electron chi connectivity index (χ0n) is 7.13. The lowest BCUT2D eigenvalue weighted by Crippen LogP contribution is -2.04. The van der Waals surface area contributed by atoms with Gasteiger partial charge in [0.2, 0.25) is 0 Å². The van der Waals surface area contributed by atoms with Crippen molar-refractivity contribution < 1.29 is 4.84 Å². The van der Waals surface area contributed by atoms with Gasteiger partial charge in [-0.3, -0.25) is 0 Å². The average Bonchev–Trinajstić information content (AvgIpc) is 1.99. The average molecular weight is 143 g/mol. The molecule has 0 bridgehead atoms. The lowest BCUT2D eigenvalue weighted by Gasteiger charge is -2.08. The van der Waals surface area contributed by atoms with Crippen LogP contribution in [-0.2, 0) is 4.84 Å². The lowest BCUT2D eigenvalue weighted by atomic mass is 10.1. The molecule has 0 atom stereocenters. The molecule has 0 saturated carbocycles. The van der Waals surface area contributed by atoms with Crippen LogP contribution >= 0.6 is 0 Å². The highest BCUT2D eigenvalue weighted by molar-refractivity contribution is 5.52. The molecule has 2 nitrogen and oxygen atoms in total. The molecule has 0 aliphatic carbocycles. The van der Waals surface area contributed by atoms with Gasteiger partial charge in [-0.05, 0) is 25.7 Å². The van der Waals surface area contributed by atoms with E-state index in [1.807, 2.05) is 6.92 Å². The molecule has 0 fully saturated rings. The lowest BCUT2D eigenvalue weighted by molar-refractivity contribution is 0.105. The minimum absolute atomic E-state index is 0.670. The second-order valence-corrected chi connectivity index (χ2v) is 2.34. The molecule has 0 aromatic carbocycles. The van der Waals surface area contributed by atoms with Crippen molar-refractivity contribution in [1.82, 2.24) is 0 Å². The molecule has 0 amide bonds. The summed E-state index contributed by atoms with van der Waals surface area (Å²) in [6.07, 6.45) is 4.02. The van der Waals surface area contributed by atoms with Crippen molar-refractivity contribution in [2.24, 2.45) is 11.1 Å². The molecular formula is C8H17NO. The van der Waals surface area contributed by atoms with E-state index in [-0.39, 0.29) is 0 Å². The Balaban J connectivity index is 3.25. The van der Waals surface area contributed by atoms with Crippen LogP contribution in [0.15, 0.2) is 5.16 Å². The summed E-state index contributed by atoms with van der Waals surface area (Å²) >= 11 is 0. The predicted octanol–water partition coefficient (Wildman–Crippen LogP) is 2.44. The Morgan fingerprint density at radius 3 is 2.40 bits per heavy atom. The summed E-state index contributed by atoms with van der Waals surface area (Å²) in [5.74, 6) is 0.670. The third-order valence-electron chi connectivity index (χ3n) is 1.64. The first-order chi connectivity index (χ1) is 4.85. The third-order valence-corrected chi connectivity index (χ3v) is 1.64. The third kappa shape index (κ3) is 4.36. The van der Waals surface area contributed by atoms with Crippen molar-refractivity contribution in [3.05, 3.63) is 0 Å². The van der Waals surface area contributed by atoms with Crippen LogP contribution in [0.25, 0.3) is 0 Å². The van der Waals surface area contributed by atoms with Crippen molar-refractivity contribution in [3.63, 3.8) is 0 Å². The molecular weight excluding hydrogens is 126 g/mol. The first-order valence-electron chi connectivity index (χ1n) is 3.95. The van der Waals surface area contributed by atoms with E-state index in [0.717, 1.165) is 6.61 Å². The molecule has 10 heavy (non-hydrogen) atoms. The maximum Gasteiger partial charge on any atom is 0.119 e. The Morgan fingerprint density at radius 2 is 2.00 bits per heavy atom. The largest absolute Gasteiger partial charge is 0.396 e. The van der Waals surface area contributed by atoms with Crippen LogP contribution in [0.2, 0.25) is 0 Å². The Hall–Kier alpha value is -0.530. The Morgan fingerprint density at radius 1 is 1.40 bits per heavy atom. The maximum atomic E-state index is 5.00. The van der Waals surface area contributed by atoms with Gasteiger partial charge in [0, 0.05) is 6.21 Å². The molecule has 0 aliphatic rings. The highest BCUT2D eigenvalue weighted by Crippen LogP contribution is 2.06. The van der Waals surface area contributed by atoms with E-state index < -0.39 is 0 Å². The highest BCUT2D eigenvalue weighted by Gasteiger charge is 2.01. The maximum absolute atomic E-state index is 5.00. The van der Waals surface area contributed by atoms with Gasteiger partial charge in [0.05, 0.1) is 0 Å². The van der Waals surface area contributed by atoms with Crippen LogP contribution in [0.5, 0.6) is 0 Å². The van der Waals surface area contributed by atoms with Gasteiger partial charge in [0.15, 0.2) is 0 Å². The van der Waals surface area contributed by atoms with Gasteiger partial charge in [-0.15, -0.1) is 0 Å². The van der Waals surface area contributed by atoms with Crippen molar-refractivity contribution >= 4 is 6.21 Å². The SMILES string of the molecule is CC=NOCC(CC)CC. The van der Waals surface area contributed by atoms with Gasteiger partial charge in [-0.25, -0.2) is 0 Å². The second kappa shape index (κ2) is 6.59. The predicted molar refractivity (Wildman–Crippen MR) is 44.2 cm³/mol. The van der Waals surface area contributed by atoms with Crippen LogP contribution in [0.3, 0.4) is 0 Å². The van der Waals surface area contributed by atoms with Gasteiger partial charge in [-0.2, -0.15) is 0 Å². The highest BCUT2D eigenvalue weighted by atomic mass is 16.6. The summed E-state index contributed by atoms with van der Waals surface area (Å²) in [5, 5.41) is 3.68. The summed E-state index contributed by atoms with van der Waals surface area (Å²) in [4.78, 5) is 5.00. The van der Waals surface area contributed by atoms with Crippen LogP contribution in [0.1, 0.15) is 33.6 Å². The number of oxime groups is 1. The monoisotopic (exact) mass is 143 g/mol. The van der Waals surface area contributed by atoms with Gasteiger partial charge >= 0.3 is 0 Å². The first-order valence-corrected chi connectivity index (χ1v) is 3.95. The Bertz CT molecular complexity index is 87.3. The summed E-state index contributed by atoms with van der Waals surface area (Å²) in [6, 6.07) is 0. The molecule has 0 radical (unpaired) electrons. The fourth-order valence-electron chi connectivity index (χ4n) is 0.747. The topological polar surface area (TPSA) is 21.6 Å². The van der Waals surface area contributed by atoms with Gasteiger partial charge in [0.1, 0.15) is 6.61 Å². The molecule has 2 heteroatoms. The molecule has 0 aliphatic heterocycles. The molecule has 0 aromatic rings. The van der Waals surface area contributed by atoms with Gasteiger partial charge < -0.3 is 4.84 Å². The molecule has 0 aromatic heterocycles. The smallest absolute Gasteiger partial charge is 0.119 e. The molecule has 0 rings (SSSR count). The minimum atomic E-state index is 0.670. The fourth-order valence-corrected chi connectivity index (χ4v) is 0.747. The molecule has 0 saturated heterocycles. The molecule has 0 unspecified atom stereocenters. The van der Waals surface area contributed by atoms with Crippen LogP contribution < -0.4 is 0 Å². The van der Waals surface area contributed by atoms with E-state index in [1.54, 1.807) is 6.21 Å². The minimum Gasteiger partial charge on any atom is -0.396 e. The fraction of sp³-hybridized carbons (Fsp3) is 0.875. The first kappa shape index (κ1) is 9.47. The van der Waals surface area contributed by atoms with Crippen LogP contribution in [-0.4, -0.2) is 12.8 Å². The van der Waals surface area contributed by atoms with E-state index in [1.165, 1.54) is 12.8 Å². The van der Waals surface area contributed by atoms with Crippen molar-refractivity contribution in [3.8, 4) is 0 Å². The number of rotatable bonds is 5. The molecule has 0 heterocycles. The van der Waals surface area contributed by atoms with Crippen LogP contribution in [0.4, 0.5) is 0 Å². The molecule has 0 N–H and O–H groups in total. The Labute approximate surface area is 63.3 Å². The number of hydrogen-bond donors (Lipinski definition) is 0. The zero-order valence-corrected chi connectivity index (χ0v) is 7.13. The van der Waals surface area contributed by atoms with Crippen LogP contribution in [0, 0.1) is 5.92 Å². The van der Waals surface area contributed by atoms with E-state index in [0.29, 0.717) is 5.92 Å². The van der Waals surface area contributed by atoms with Crippen molar-refractivity contribution in [1.29, 1.82) is 0 Å². The summed E-state index contributed by atoms with van der Waals surface area (Å²) in [7, 11) is 0. The second-order valence-electron chi connectivity index (χ2n) is 2.34. The normalized spacial score (nSPS) is 11.2. The van der Waals surface area contributed by atoms with E-state index >= 15 is 0 Å². The number of nitrogens with zero attached hydrogens (tertiary/aromatic N) is 1. The Kier molecular flexibility index (Phi) is 6.24. The zero-order chi connectivity index (χ0) is 7.82. The van der Waals surface area contributed by atoms with Crippen molar-refractivity contribution in [2.75, 3.05) is 6.61 Å². The standard InChI is InChI=1S/C8H17NO/c1-4-8(5-2)7-10-9-6-3/h6,8H,4-5,7H2,1-3H3. The van der Waals surface area contributed by atoms with Gasteiger partial charge in [0.25, 0.3) is 0 Å². The summed E-state index contributed by atoms with van der Waals surface area (Å²) in [5.41, 5.74) is 0. The van der Waals surface area contributed by atoms with Crippen molar-refractivity contribution in [2.45, 2.75) is 33.6 Å². The van der Waals surface area contributed by atoms with E-state index in [2.05, 4.69) is 19.0 Å². The number of hydrogen-bond acceptors (Lipinski definition) is 2. The molecule has 0 spiro atoms.